The Morgan fingerprint density at radius 2 is 1.85 bits per heavy atom. The van der Waals surface area contributed by atoms with Crippen molar-refractivity contribution in [2.75, 3.05) is 0 Å². The molecule has 2 aromatic rings. The van der Waals surface area contributed by atoms with Gasteiger partial charge >= 0.3 is 0 Å². The summed E-state index contributed by atoms with van der Waals surface area (Å²) in [5, 5.41) is 10.5. The van der Waals surface area contributed by atoms with Gasteiger partial charge in [0.05, 0.1) is 0 Å². The molecular weight excluding hydrogens is 162 g/mol. The maximum absolute atomic E-state index is 9.30. The molecule has 1 aliphatic rings. The van der Waals surface area contributed by atoms with Crippen LogP contribution in [0.3, 0.4) is 0 Å². The molecule has 1 aromatic heterocycles. The van der Waals surface area contributed by atoms with Gasteiger partial charge in [0.2, 0.25) is 11.7 Å². The minimum atomic E-state index is 0.366. The number of fused-ring (bicyclic) bond motifs is 3. The van der Waals surface area contributed by atoms with Gasteiger partial charge in [0.15, 0.2) is 0 Å². The molecule has 1 aromatic carbocycles. The summed E-state index contributed by atoms with van der Waals surface area (Å²) >= 11 is 0. The molecule has 2 heterocycles. The number of para-hydroxylation sites is 1. The van der Waals surface area contributed by atoms with E-state index in [0.717, 1.165) is 11.2 Å². The molecule has 2 heteroatoms. The minimum absolute atomic E-state index is 0.366. The lowest BCUT2D eigenvalue weighted by molar-refractivity contribution is -0.556. The molecule has 0 spiro atoms. The first-order valence-electron chi connectivity index (χ1n) is 4.21. The van der Waals surface area contributed by atoms with Crippen molar-refractivity contribution in [2.45, 2.75) is 0 Å². The van der Waals surface area contributed by atoms with Gasteiger partial charge in [0.1, 0.15) is 0 Å². The fraction of sp³-hybridized carbons (Fsp3) is 0. The zero-order valence-electron chi connectivity index (χ0n) is 6.94. The molecule has 0 atom stereocenters. The molecule has 13 heavy (non-hydrogen) atoms. The summed E-state index contributed by atoms with van der Waals surface area (Å²) in [5.74, 6) is 0.366. The van der Waals surface area contributed by atoms with Gasteiger partial charge in [0.25, 0.3) is 11.5 Å². The fourth-order valence-corrected chi connectivity index (χ4v) is 1.70. The SMILES string of the molecule is OC1=C[n+]2c1ccc1ccccc12. The van der Waals surface area contributed by atoms with Crippen LogP contribution >= 0.6 is 0 Å². The molecule has 0 fully saturated rings. The van der Waals surface area contributed by atoms with Crippen molar-refractivity contribution in [3.05, 3.63) is 42.1 Å². The number of aliphatic hydroxyl groups excluding tert-OH is 1. The van der Waals surface area contributed by atoms with Crippen LogP contribution in [0.15, 0.2) is 36.4 Å². The van der Waals surface area contributed by atoms with Crippen LogP contribution in [0.1, 0.15) is 5.69 Å². The second-order valence-corrected chi connectivity index (χ2v) is 3.16. The van der Waals surface area contributed by atoms with Crippen LogP contribution < -0.4 is 4.57 Å². The van der Waals surface area contributed by atoms with Gasteiger partial charge in [-0.05, 0) is 12.1 Å². The molecule has 0 saturated heterocycles. The van der Waals surface area contributed by atoms with E-state index in [1.54, 1.807) is 6.20 Å². The van der Waals surface area contributed by atoms with Gasteiger partial charge in [-0.1, -0.05) is 12.1 Å². The number of pyridine rings is 1. The summed E-state index contributed by atoms with van der Waals surface area (Å²) in [7, 11) is 0. The number of benzene rings is 1. The molecule has 0 amide bonds. The van der Waals surface area contributed by atoms with Gasteiger partial charge in [-0.2, -0.15) is 4.57 Å². The van der Waals surface area contributed by atoms with Gasteiger partial charge in [-0.3, -0.25) is 0 Å². The Bertz CT molecular complexity index is 529. The Balaban J connectivity index is 2.44. The highest BCUT2D eigenvalue weighted by Gasteiger charge is 2.27. The molecule has 0 unspecified atom stereocenters. The lowest BCUT2D eigenvalue weighted by Crippen LogP contribution is -2.39. The Labute approximate surface area is 75.4 Å². The van der Waals surface area contributed by atoms with Gasteiger partial charge in [0, 0.05) is 17.5 Å². The summed E-state index contributed by atoms with van der Waals surface area (Å²) in [6, 6.07) is 12.1. The highest BCUT2D eigenvalue weighted by molar-refractivity contribution is 5.81. The Kier molecular flexibility index (Phi) is 1.08. The second kappa shape index (κ2) is 2.10. The first-order valence-corrected chi connectivity index (χ1v) is 4.21. The third-order valence-corrected chi connectivity index (χ3v) is 2.39. The standard InChI is InChI=1S/C11H7NO/c13-11-7-12-9-4-2-1-3-8(9)5-6-10(11)12/h1-7H/p+1. The normalized spacial score (nSPS) is 13.4. The van der Waals surface area contributed by atoms with Gasteiger partial charge in [-0.15, -0.1) is 0 Å². The van der Waals surface area contributed by atoms with Crippen LogP contribution in [-0.4, -0.2) is 5.11 Å². The van der Waals surface area contributed by atoms with Crippen LogP contribution in [-0.2, 0) is 0 Å². The Morgan fingerprint density at radius 1 is 1.00 bits per heavy atom. The molecule has 3 rings (SSSR count). The molecule has 62 valence electrons. The van der Waals surface area contributed by atoms with E-state index >= 15 is 0 Å². The molecule has 2 nitrogen and oxygen atoms in total. The predicted molar refractivity (Wildman–Crippen MR) is 50.9 cm³/mol. The molecule has 1 N–H and O–H groups in total. The van der Waals surface area contributed by atoms with E-state index in [2.05, 4.69) is 6.07 Å². The third kappa shape index (κ3) is 0.746. The zero-order chi connectivity index (χ0) is 8.84. The van der Waals surface area contributed by atoms with Crippen LogP contribution in [0.25, 0.3) is 22.9 Å². The van der Waals surface area contributed by atoms with E-state index < -0.39 is 0 Å². The van der Waals surface area contributed by atoms with E-state index in [1.165, 1.54) is 5.39 Å². The van der Waals surface area contributed by atoms with Crippen molar-refractivity contribution < 1.29 is 9.67 Å². The van der Waals surface area contributed by atoms with Crippen molar-refractivity contribution >= 4 is 22.9 Å². The van der Waals surface area contributed by atoms with Crippen LogP contribution in [0, 0.1) is 0 Å². The summed E-state index contributed by atoms with van der Waals surface area (Å²) < 4.78 is 1.99. The van der Waals surface area contributed by atoms with Gasteiger partial charge in [-0.25, -0.2) is 0 Å². The smallest absolute Gasteiger partial charge is 0.259 e. The first-order chi connectivity index (χ1) is 6.36. The monoisotopic (exact) mass is 170 g/mol. The number of rotatable bonds is 0. The highest BCUT2D eigenvalue weighted by atomic mass is 16.3. The Morgan fingerprint density at radius 3 is 2.69 bits per heavy atom. The molecule has 1 aliphatic heterocycles. The number of aliphatic hydroxyl groups is 1. The Hall–Kier alpha value is -1.83. The first kappa shape index (κ1) is 6.66. The maximum Gasteiger partial charge on any atom is 0.259 e. The van der Waals surface area contributed by atoms with Crippen LogP contribution in [0.4, 0.5) is 0 Å². The summed E-state index contributed by atoms with van der Waals surface area (Å²) in [4.78, 5) is 0. The quantitative estimate of drug-likeness (QED) is 0.600. The van der Waals surface area contributed by atoms with E-state index in [-0.39, 0.29) is 0 Å². The van der Waals surface area contributed by atoms with Crippen molar-refractivity contribution in [3.63, 3.8) is 0 Å². The molecule has 0 aliphatic carbocycles. The number of hydrogen-bond acceptors (Lipinski definition) is 1. The van der Waals surface area contributed by atoms with Crippen LogP contribution in [0.5, 0.6) is 0 Å². The van der Waals surface area contributed by atoms with E-state index in [9.17, 15) is 5.11 Å². The summed E-state index contributed by atoms with van der Waals surface area (Å²) in [6.45, 7) is 0. The molecule has 0 saturated carbocycles. The average molecular weight is 170 g/mol. The summed E-state index contributed by atoms with van der Waals surface area (Å²) in [5.41, 5.74) is 2.02. The topological polar surface area (TPSA) is 24.1 Å². The highest BCUT2D eigenvalue weighted by Crippen LogP contribution is 2.19. The van der Waals surface area contributed by atoms with E-state index in [0.29, 0.717) is 5.76 Å². The van der Waals surface area contributed by atoms with Crippen molar-refractivity contribution in [2.24, 2.45) is 0 Å². The van der Waals surface area contributed by atoms with E-state index in [4.69, 9.17) is 0 Å². The number of aromatic nitrogens is 1. The average Bonchev–Trinajstić information content (AvgIpc) is 2.16. The van der Waals surface area contributed by atoms with Crippen molar-refractivity contribution in [3.8, 4) is 0 Å². The number of nitrogens with zero attached hydrogens (tertiary/aromatic N) is 1. The predicted octanol–water partition coefficient (Wildman–Crippen LogP) is 1.95. The molecule has 0 radical (unpaired) electrons. The largest absolute Gasteiger partial charge is 0.498 e. The van der Waals surface area contributed by atoms with Gasteiger partial charge < -0.3 is 5.11 Å². The van der Waals surface area contributed by atoms with Crippen molar-refractivity contribution in [1.82, 2.24) is 0 Å². The lowest BCUT2D eigenvalue weighted by Gasteiger charge is -2.08. The van der Waals surface area contributed by atoms with Crippen LogP contribution in [0.2, 0.25) is 0 Å². The summed E-state index contributed by atoms with van der Waals surface area (Å²) in [6.07, 6.45) is 1.73. The lowest BCUT2D eigenvalue weighted by atomic mass is 10.1. The van der Waals surface area contributed by atoms with Crippen molar-refractivity contribution in [1.29, 1.82) is 0 Å². The molecule has 0 bridgehead atoms. The third-order valence-electron chi connectivity index (χ3n) is 2.39. The fourth-order valence-electron chi connectivity index (χ4n) is 1.70. The second-order valence-electron chi connectivity index (χ2n) is 3.16. The zero-order valence-corrected chi connectivity index (χ0v) is 6.94. The number of hydrogen-bond donors (Lipinski definition) is 1. The maximum atomic E-state index is 9.30. The molecular formula is C11H8NO+. The minimum Gasteiger partial charge on any atom is -0.498 e. The van der Waals surface area contributed by atoms with E-state index in [1.807, 2.05) is 34.9 Å².